The van der Waals surface area contributed by atoms with Gasteiger partial charge in [-0.1, -0.05) is 19.8 Å². The van der Waals surface area contributed by atoms with E-state index < -0.39 is 0 Å². The first-order valence-corrected chi connectivity index (χ1v) is 9.35. The molecule has 0 spiro atoms. The molecule has 0 aromatic heterocycles. The van der Waals surface area contributed by atoms with Crippen molar-refractivity contribution < 1.29 is 9.53 Å². The van der Waals surface area contributed by atoms with Crippen LogP contribution in [0.3, 0.4) is 0 Å². The van der Waals surface area contributed by atoms with Gasteiger partial charge >= 0.3 is 6.03 Å². The largest absolute Gasteiger partial charge is 0.376 e. The van der Waals surface area contributed by atoms with Gasteiger partial charge in [0.05, 0.1) is 12.7 Å². The third-order valence-corrected chi connectivity index (χ3v) is 5.46. The van der Waals surface area contributed by atoms with Crippen LogP contribution in [-0.2, 0) is 4.74 Å². The van der Waals surface area contributed by atoms with Crippen LogP contribution in [0.1, 0.15) is 45.4 Å². The lowest BCUT2D eigenvalue weighted by molar-refractivity contribution is -0.00270. The van der Waals surface area contributed by atoms with Gasteiger partial charge < -0.3 is 19.9 Å². The Morgan fingerprint density at radius 1 is 1.22 bits per heavy atom. The highest BCUT2D eigenvalue weighted by molar-refractivity contribution is 5.73. The van der Waals surface area contributed by atoms with Gasteiger partial charge in [0, 0.05) is 20.1 Å². The third-order valence-electron chi connectivity index (χ3n) is 5.46. The smallest absolute Gasteiger partial charge is 0.317 e. The van der Waals surface area contributed by atoms with Crippen molar-refractivity contribution in [3.8, 4) is 0 Å². The van der Waals surface area contributed by atoms with Gasteiger partial charge in [-0.15, -0.1) is 0 Å². The minimum absolute atomic E-state index is 0.0317. The molecule has 5 heteroatoms. The summed E-state index contributed by atoms with van der Waals surface area (Å²) < 4.78 is 5.95. The Labute approximate surface area is 141 Å². The number of ether oxygens (including phenoxy) is 1. The molecule has 0 aromatic rings. The van der Waals surface area contributed by atoms with E-state index in [1.54, 1.807) is 0 Å². The summed E-state index contributed by atoms with van der Waals surface area (Å²) in [6.07, 6.45) is 7.83. The molecule has 2 atom stereocenters. The SMILES string of the molecule is C[C@@H]1CCCC[C@@H]1OCCNC(=O)N(C)CC1CCN(C)CC1. The maximum atomic E-state index is 12.1. The van der Waals surface area contributed by atoms with Gasteiger partial charge in [0.15, 0.2) is 0 Å². The number of carbonyl (C=O) groups is 1. The fourth-order valence-electron chi connectivity index (χ4n) is 3.75. The van der Waals surface area contributed by atoms with E-state index in [4.69, 9.17) is 4.74 Å². The quantitative estimate of drug-likeness (QED) is 0.764. The maximum Gasteiger partial charge on any atom is 0.317 e. The summed E-state index contributed by atoms with van der Waals surface area (Å²) in [5.74, 6) is 1.30. The lowest BCUT2D eigenvalue weighted by atomic mass is 9.88. The molecule has 1 aliphatic carbocycles. The van der Waals surface area contributed by atoms with Crippen LogP contribution in [0.5, 0.6) is 0 Å². The summed E-state index contributed by atoms with van der Waals surface area (Å²) in [5, 5.41) is 2.99. The Hall–Kier alpha value is -0.810. The molecular weight excluding hydrogens is 290 g/mol. The van der Waals surface area contributed by atoms with Crippen LogP contribution in [0.25, 0.3) is 0 Å². The molecule has 1 saturated carbocycles. The molecule has 2 amide bonds. The van der Waals surface area contributed by atoms with E-state index in [2.05, 4.69) is 24.2 Å². The molecule has 0 unspecified atom stereocenters. The first kappa shape index (κ1) is 18.5. The normalized spacial score (nSPS) is 26.9. The van der Waals surface area contributed by atoms with Crippen molar-refractivity contribution in [3.05, 3.63) is 0 Å². The highest BCUT2D eigenvalue weighted by Crippen LogP contribution is 2.26. The fourth-order valence-corrected chi connectivity index (χ4v) is 3.75. The van der Waals surface area contributed by atoms with Gasteiger partial charge in [0.25, 0.3) is 0 Å². The van der Waals surface area contributed by atoms with Gasteiger partial charge in [-0.2, -0.15) is 0 Å². The van der Waals surface area contributed by atoms with E-state index in [9.17, 15) is 4.79 Å². The highest BCUT2D eigenvalue weighted by atomic mass is 16.5. The van der Waals surface area contributed by atoms with Crippen molar-refractivity contribution >= 4 is 6.03 Å². The Morgan fingerprint density at radius 3 is 2.61 bits per heavy atom. The topological polar surface area (TPSA) is 44.8 Å². The van der Waals surface area contributed by atoms with Crippen molar-refractivity contribution in [2.24, 2.45) is 11.8 Å². The summed E-state index contributed by atoms with van der Waals surface area (Å²) >= 11 is 0. The average molecular weight is 325 g/mol. The van der Waals surface area contributed by atoms with Crippen molar-refractivity contribution in [2.45, 2.75) is 51.6 Å². The van der Waals surface area contributed by atoms with Crippen molar-refractivity contribution in [1.82, 2.24) is 15.1 Å². The molecule has 0 bridgehead atoms. The lowest BCUT2D eigenvalue weighted by Crippen LogP contribution is -2.43. The van der Waals surface area contributed by atoms with Gasteiger partial charge in [-0.25, -0.2) is 4.79 Å². The predicted molar refractivity (Wildman–Crippen MR) is 93.6 cm³/mol. The summed E-state index contributed by atoms with van der Waals surface area (Å²) in [5.41, 5.74) is 0. The van der Waals surface area contributed by atoms with E-state index in [0.29, 0.717) is 31.1 Å². The molecule has 1 saturated heterocycles. The number of hydrogen-bond acceptors (Lipinski definition) is 3. The van der Waals surface area contributed by atoms with E-state index in [1.807, 2.05) is 11.9 Å². The molecule has 2 aliphatic rings. The second kappa shape index (κ2) is 9.48. The number of amides is 2. The van der Waals surface area contributed by atoms with Crippen LogP contribution in [0.4, 0.5) is 4.79 Å². The van der Waals surface area contributed by atoms with E-state index in [0.717, 1.165) is 19.6 Å². The number of rotatable bonds is 6. The fraction of sp³-hybridized carbons (Fsp3) is 0.944. The van der Waals surface area contributed by atoms with E-state index >= 15 is 0 Å². The second-order valence-electron chi connectivity index (χ2n) is 7.53. The molecule has 0 radical (unpaired) electrons. The number of nitrogens with one attached hydrogen (secondary N) is 1. The molecule has 23 heavy (non-hydrogen) atoms. The van der Waals surface area contributed by atoms with Crippen LogP contribution < -0.4 is 5.32 Å². The monoisotopic (exact) mass is 325 g/mol. The van der Waals surface area contributed by atoms with Crippen LogP contribution in [-0.4, -0.2) is 68.8 Å². The van der Waals surface area contributed by atoms with Crippen molar-refractivity contribution in [3.63, 3.8) is 0 Å². The molecule has 1 aliphatic heterocycles. The zero-order valence-electron chi connectivity index (χ0n) is 15.2. The summed E-state index contributed by atoms with van der Waals surface area (Å²) in [7, 11) is 4.07. The Kier molecular flexibility index (Phi) is 7.63. The van der Waals surface area contributed by atoms with Crippen LogP contribution in [0.2, 0.25) is 0 Å². The first-order valence-electron chi connectivity index (χ1n) is 9.35. The number of hydrogen-bond donors (Lipinski definition) is 1. The number of nitrogens with zero attached hydrogens (tertiary/aromatic N) is 2. The van der Waals surface area contributed by atoms with Crippen molar-refractivity contribution in [1.29, 1.82) is 0 Å². The average Bonchev–Trinajstić information content (AvgIpc) is 2.55. The van der Waals surface area contributed by atoms with Crippen LogP contribution >= 0.6 is 0 Å². The van der Waals surface area contributed by atoms with E-state index in [-0.39, 0.29) is 6.03 Å². The minimum Gasteiger partial charge on any atom is -0.376 e. The molecule has 2 rings (SSSR count). The first-order chi connectivity index (χ1) is 11.1. The van der Waals surface area contributed by atoms with Gasteiger partial charge in [0.2, 0.25) is 0 Å². The Morgan fingerprint density at radius 2 is 1.91 bits per heavy atom. The minimum atomic E-state index is 0.0317. The number of carbonyl (C=O) groups excluding carboxylic acids is 1. The van der Waals surface area contributed by atoms with Gasteiger partial charge in [-0.05, 0) is 57.7 Å². The molecule has 2 fully saturated rings. The summed E-state index contributed by atoms with van der Waals surface area (Å²) in [4.78, 5) is 16.3. The van der Waals surface area contributed by atoms with Gasteiger partial charge in [0.1, 0.15) is 0 Å². The van der Waals surface area contributed by atoms with Gasteiger partial charge in [-0.3, -0.25) is 0 Å². The third kappa shape index (κ3) is 6.30. The molecule has 134 valence electrons. The number of piperidine rings is 1. The standard InChI is InChI=1S/C18H35N3O2/c1-15-6-4-5-7-17(15)23-13-10-19-18(22)21(3)14-16-8-11-20(2)12-9-16/h15-17H,4-14H2,1-3H3,(H,19,22)/t15-,17+/m1/s1. The zero-order chi connectivity index (χ0) is 16.7. The highest BCUT2D eigenvalue weighted by Gasteiger charge is 2.22. The van der Waals surface area contributed by atoms with Crippen LogP contribution in [0.15, 0.2) is 0 Å². The zero-order valence-corrected chi connectivity index (χ0v) is 15.2. The molecule has 5 nitrogen and oxygen atoms in total. The summed E-state index contributed by atoms with van der Waals surface area (Å²) in [6, 6.07) is 0.0317. The molecular formula is C18H35N3O2. The predicted octanol–water partition coefficient (Wildman–Crippen LogP) is 2.56. The molecule has 0 aromatic carbocycles. The van der Waals surface area contributed by atoms with Crippen molar-refractivity contribution in [2.75, 3.05) is 46.9 Å². The molecule has 1 heterocycles. The lowest BCUT2D eigenvalue weighted by Gasteiger charge is -2.31. The Balaban J connectivity index is 1.56. The summed E-state index contributed by atoms with van der Waals surface area (Å²) in [6.45, 7) is 6.67. The number of likely N-dealkylation sites (tertiary alicyclic amines) is 1. The molecule has 1 N–H and O–H groups in total. The number of urea groups is 1. The maximum absolute atomic E-state index is 12.1. The van der Waals surface area contributed by atoms with Crippen LogP contribution in [0, 0.1) is 11.8 Å². The second-order valence-corrected chi connectivity index (χ2v) is 7.53. The Bertz CT molecular complexity index is 356. The van der Waals surface area contributed by atoms with E-state index in [1.165, 1.54) is 38.5 Å².